The molecule has 0 atom stereocenters. The van der Waals surface area contributed by atoms with Crippen molar-refractivity contribution in [3.05, 3.63) is 28.7 Å². The van der Waals surface area contributed by atoms with Crippen LogP contribution in [0.5, 0.6) is 0 Å². The van der Waals surface area contributed by atoms with E-state index in [9.17, 15) is 0 Å². The van der Waals surface area contributed by atoms with Gasteiger partial charge in [-0.3, -0.25) is 0 Å². The molecule has 0 N–H and O–H groups in total. The summed E-state index contributed by atoms with van der Waals surface area (Å²) in [5.74, 6) is 0.561. The van der Waals surface area contributed by atoms with E-state index in [-0.39, 0.29) is 0 Å². The van der Waals surface area contributed by atoms with Crippen molar-refractivity contribution in [1.29, 1.82) is 0 Å². The van der Waals surface area contributed by atoms with Gasteiger partial charge in [0.1, 0.15) is 0 Å². The molecule has 2 nitrogen and oxygen atoms in total. The summed E-state index contributed by atoms with van der Waals surface area (Å²) in [6, 6.07) is 9.20. The molecule has 0 radical (unpaired) electrons. The first-order valence-electron chi connectivity index (χ1n) is 5.40. The average Bonchev–Trinajstić information content (AvgIpc) is 2.25. The van der Waals surface area contributed by atoms with E-state index < -0.39 is 8.56 Å². The standard InChI is InChI=1S/C12H19BrO2Si/c1-10(2)9-16(14-3,15-4)12-7-5-6-11(13)8-12/h5-8,10H,9H2,1-4H3. The molecular formula is C12H19BrO2Si. The molecule has 0 fully saturated rings. The molecule has 0 heterocycles. The van der Waals surface area contributed by atoms with E-state index in [1.807, 2.05) is 12.1 Å². The molecule has 0 aliphatic carbocycles. The fourth-order valence-corrected chi connectivity index (χ4v) is 5.48. The highest BCUT2D eigenvalue weighted by atomic mass is 79.9. The van der Waals surface area contributed by atoms with Gasteiger partial charge in [0.2, 0.25) is 0 Å². The molecular weight excluding hydrogens is 284 g/mol. The van der Waals surface area contributed by atoms with Gasteiger partial charge in [0.25, 0.3) is 0 Å². The van der Waals surface area contributed by atoms with Gasteiger partial charge in [-0.05, 0) is 29.3 Å². The van der Waals surface area contributed by atoms with Gasteiger partial charge in [-0.25, -0.2) is 0 Å². The Labute approximate surface area is 107 Å². The molecule has 0 aliphatic heterocycles. The number of benzene rings is 1. The van der Waals surface area contributed by atoms with Crippen molar-refractivity contribution in [2.24, 2.45) is 5.92 Å². The Kier molecular flexibility index (Phi) is 5.18. The van der Waals surface area contributed by atoms with Gasteiger partial charge in [-0.2, -0.15) is 0 Å². The highest BCUT2D eigenvalue weighted by Gasteiger charge is 2.38. The van der Waals surface area contributed by atoms with Crippen molar-refractivity contribution < 1.29 is 8.85 Å². The summed E-state index contributed by atoms with van der Waals surface area (Å²) in [6.45, 7) is 4.38. The van der Waals surface area contributed by atoms with E-state index in [0.717, 1.165) is 10.5 Å². The molecule has 0 saturated carbocycles. The number of hydrogen-bond acceptors (Lipinski definition) is 2. The SMILES string of the molecule is CO[Si](CC(C)C)(OC)c1cccc(Br)c1. The minimum Gasteiger partial charge on any atom is -0.394 e. The van der Waals surface area contributed by atoms with Gasteiger partial charge in [0.05, 0.1) is 0 Å². The third kappa shape index (κ3) is 3.17. The maximum Gasteiger partial charge on any atom is 0.372 e. The van der Waals surface area contributed by atoms with Gasteiger partial charge in [-0.15, -0.1) is 0 Å². The molecule has 1 rings (SSSR count). The second-order valence-electron chi connectivity index (χ2n) is 4.27. The Hall–Kier alpha value is -0.163. The largest absolute Gasteiger partial charge is 0.394 e. The maximum absolute atomic E-state index is 5.73. The van der Waals surface area contributed by atoms with Crippen LogP contribution in [0.15, 0.2) is 28.7 Å². The zero-order valence-corrected chi connectivity index (χ0v) is 12.9. The predicted octanol–water partition coefficient (Wildman–Crippen LogP) is 3.05. The lowest BCUT2D eigenvalue weighted by Gasteiger charge is -2.29. The van der Waals surface area contributed by atoms with Crippen LogP contribution >= 0.6 is 15.9 Å². The maximum atomic E-state index is 5.73. The van der Waals surface area contributed by atoms with E-state index in [1.165, 1.54) is 5.19 Å². The summed E-state index contributed by atoms with van der Waals surface area (Å²) >= 11 is 3.49. The van der Waals surface area contributed by atoms with Crippen LogP contribution in [0.25, 0.3) is 0 Å². The molecule has 4 heteroatoms. The van der Waals surface area contributed by atoms with E-state index >= 15 is 0 Å². The number of hydrogen-bond donors (Lipinski definition) is 0. The van der Waals surface area contributed by atoms with Crippen LogP contribution in [0.1, 0.15) is 13.8 Å². The Balaban J connectivity index is 3.09. The fraction of sp³-hybridized carbons (Fsp3) is 0.500. The molecule has 16 heavy (non-hydrogen) atoms. The Bertz CT molecular complexity index is 338. The first kappa shape index (κ1) is 13.9. The van der Waals surface area contributed by atoms with E-state index in [0.29, 0.717) is 5.92 Å². The van der Waals surface area contributed by atoms with Crippen LogP contribution in [-0.4, -0.2) is 22.8 Å². The van der Waals surface area contributed by atoms with Crippen LogP contribution in [0, 0.1) is 5.92 Å². The second-order valence-corrected chi connectivity index (χ2v) is 8.49. The van der Waals surface area contributed by atoms with Gasteiger partial charge >= 0.3 is 8.56 Å². The van der Waals surface area contributed by atoms with Gasteiger partial charge in [-0.1, -0.05) is 41.9 Å². The molecule has 0 aromatic heterocycles. The summed E-state index contributed by atoms with van der Waals surface area (Å²) in [6.07, 6.45) is 0. The average molecular weight is 303 g/mol. The number of halogens is 1. The van der Waals surface area contributed by atoms with Crippen molar-refractivity contribution in [2.45, 2.75) is 19.9 Å². The summed E-state index contributed by atoms with van der Waals surface area (Å²) < 4.78 is 12.5. The Morgan fingerprint density at radius 3 is 2.31 bits per heavy atom. The van der Waals surface area contributed by atoms with Gasteiger partial charge in [0, 0.05) is 18.7 Å². The monoisotopic (exact) mass is 302 g/mol. The highest BCUT2D eigenvalue weighted by Crippen LogP contribution is 2.20. The van der Waals surface area contributed by atoms with Crippen molar-refractivity contribution in [3.63, 3.8) is 0 Å². The predicted molar refractivity (Wildman–Crippen MR) is 73.2 cm³/mol. The van der Waals surface area contributed by atoms with Crippen LogP contribution in [0.2, 0.25) is 6.04 Å². The quantitative estimate of drug-likeness (QED) is 0.778. The molecule has 0 amide bonds. The van der Waals surface area contributed by atoms with Crippen molar-refractivity contribution in [3.8, 4) is 0 Å². The number of rotatable bonds is 5. The van der Waals surface area contributed by atoms with Crippen LogP contribution in [-0.2, 0) is 8.85 Å². The first-order valence-corrected chi connectivity index (χ1v) is 8.22. The minimum absolute atomic E-state index is 0.561. The molecule has 0 aliphatic rings. The summed E-state index contributed by atoms with van der Waals surface area (Å²) in [5, 5.41) is 1.18. The molecule has 1 aromatic carbocycles. The molecule has 90 valence electrons. The Morgan fingerprint density at radius 1 is 1.25 bits per heavy atom. The van der Waals surface area contributed by atoms with E-state index in [4.69, 9.17) is 8.85 Å². The molecule has 0 bridgehead atoms. The molecule has 0 unspecified atom stereocenters. The summed E-state index contributed by atoms with van der Waals surface area (Å²) in [5.41, 5.74) is 0. The molecule has 1 aromatic rings. The lowest BCUT2D eigenvalue weighted by atomic mass is 10.3. The third-order valence-corrected chi connectivity index (χ3v) is 6.96. The first-order chi connectivity index (χ1) is 7.54. The highest BCUT2D eigenvalue weighted by molar-refractivity contribution is 9.10. The molecule has 0 spiro atoms. The fourth-order valence-electron chi connectivity index (χ4n) is 1.87. The topological polar surface area (TPSA) is 18.5 Å². The van der Waals surface area contributed by atoms with Crippen molar-refractivity contribution in [1.82, 2.24) is 0 Å². The summed E-state index contributed by atoms with van der Waals surface area (Å²) in [4.78, 5) is 0. The normalized spacial score (nSPS) is 12.1. The van der Waals surface area contributed by atoms with E-state index in [1.54, 1.807) is 14.2 Å². The van der Waals surface area contributed by atoms with Crippen LogP contribution < -0.4 is 5.19 Å². The second kappa shape index (κ2) is 5.96. The summed E-state index contributed by atoms with van der Waals surface area (Å²) in [7, 11) is 1.25. The van der Waals surface area contributed by atoms with Crippen LogP contribution in [0.3, 0.4) is 0 Å². The van der Waals surface area contributed by atoms with Gasteiger partial charge < -0.3 is 8.85 Å². The van der Waals surface area contributed by atoms with Crippen LogP contribution in [0.4, 0.5) is 0 Å². The van der Waals surface area contributed by atoms with Crippen molar-refractivity contribution in [2.75, 3.05) is 14.2 Å². The smallest absolute Gasteiger partial charge is 0.372 e. The lowest BCUT2D eigenvalue weighted by Crippen LogP contribution is -2.53. The van der Waals surface area contributed by atoms with E-state index in [2.05, 4.69) is 41.9 Å². The van der Waals surface area contributed by atoms with Crippen molar-refractivity contribution >= 4 is 29.7 Å². The minimum atomic E-state index is -2.24. The Morgan fingerprint density at radius 2 is 1.88 bits per heavy atom. The third-order valence-electron chi connectivity index (χ3n) is 2.60. The zero-order chi connectivity index (χ0) is 12.2. The molecule has 0 saturated heterocycles. The lowest BCUT2D eigenvalue weighted by molar-refractivity contribution is 0.252. The zero-order valence-electron chi connectivity index (χ0n) is 10.3. The van der Waals surface area contributed by atoms with Gasteiger partial charge in [0.15, 0.2) is 0 Å².